The third kappa shape index (κ3) is 48.3. The van der Waals surface area contributed by atoms with Crippen molar-refractivity contribution in [3.63, 3.8) is 0 Å². The molecule has 0 amide bonds. The first kappa shape index (κ1) is 26.0. The van der Waals surface area contributed by atoms with Crippen molar-refractivity contribution in [2.75, 3.05) is 5.75 Å². The molecule has 0 aliphatic rings. The smallest absolute Gasteiger partial charge is 0.748 e. The van der Waals surface area contributed by atoms with Crippen molar-refractivity contribution in [2.24, 2.45) is 0 Å². The average Bonchev–Trinajstić information content (AvgIpc) is 2.01. The molecule has 0 radical (unpaired) electrons. The van der Waals surface area contributed by atoms with Gasteiger partial charge in [0.2, 0.25) is 0 Å². The van der Waals surface area contributed by atoms with Crippen LogP contribution in [0.25, 0.3) is 0 Å². The van der Waals surface area contributed by atoms with E-state index in [1.165, 1.54) is 0 Å². The van der Waals surface area contributed by atoms with Crippen molar-refractivity contribution in [3.05, 3.63) is 0 Å². The van der Waals surface area contributed by atoms with Crippen LogP contribution in [-0.4, -0.2) is 29.8 Å². The molecule has 0 aliphatic carbocycles. The van der Waals surface area contributed by atoms with Gasteiger partial charge in [-0.05, 0) is 6.42 Å². The number of rotatable bonds is 6. The minimum absolute atomic E-state index is 0. The van der Waals surface area contributed by atoms with E-state index in [0.29, 0.717) is 6.42 Å². The Morgan fingerprint density at radius 3 is 1.82 bits per heavy atom. The third-order valence-corrected chi connectivity index (χ3v) is 2.29. The summed E-state index contributed by atoms with van der Waals surface area (Å²) in [6.07, 6.45) is 4.66. The molecule has 0 unspecified atom stereocenters. The fourth-order valence-electron chi connectivity index (χ4n) is 0.882. The number of hydrogen-bond acceptors (Lipinski definition) is 5. The molecule has 0 fully saturated rings. The summed E-state index contributed by atoms with van der Waals surface area (Å²) in [5.41, 5.74) is 0. The number of aliphatic carboxylic acids is 1. The summed E-state index contributed by atoms with van der Waals surface area (Å²) in [6.45, 7) is 3.17. The maximum atomic E-state index is 10.1. The van der Waals surface area contributed by atoms with Gasteiger partial charge in [0.15, 0.2) is 0 Å². The van der Waals surface area contributed by atoms with E-state index in [0.717, 1.165) is 32.6 Å². The van der Waals surface area contributed by atoms with Gasteiger partial charge in [0.25, 0.3) is 5.97 Å². The van der Waals surface area contributed by atoms with Gasteiger partial charge in [0, 0.05) is 12.7 Å². The van der Waals surface area contributed by atoms with E-state index in [2.05, 4.69) is 6.92 Å². The standard InChI is InChI=1S/C7H16O3S.C2H4O2.H3N.Na/c1-2-3-4-5-6-7-11(8,9)10;1-2(3)4;;/h2-7H2,1H3,(H,8,9,10);1H3,(H,3,4);1H3;/q;;;+1/p-1. The Hall–Kier alpha value is 0.340. The fraction of sp³-hybridized carbons (Fsp3) is 0.889. The van der Waals surface area contributed by atoms with Crippen molar-refractivity contribution in [1.29, 1.82) is 0 Å². The van der Waals surface area contributed by atoms with Crippen LogP contribution in [0.4, 0.5) is 0 Å². The molecule has 0 aliphatic heterocycles. The zero-order valence-electron chi connectivity index (χ0n) is 10.9. The maximum absolute atomic E-state index is 10.1. The minimum atomic E-state index is -3.96. The van der Waals surface area contributed by atoms with Crippen molar-refractivity contribution in [2.45, 2.75) is 46.0 Å². The first-order valence-electron chi connectivity index (χ1n) is 4.92. The number of carboxylic acids is 1. The maximum Gasteiger partial charge on any atom is 1.00 e. The van der Waals surface area contributed by atoms with Crippen LogP contribution in [0.2, 0.25) is 0 Å². The summed E-state index contributed by atoms with van der Waals surface area (Å²) in [6, 6.07) is 0. The molecule has 0 spiro atoms. The second-order valence-corrected chi connectivity index (χ2v) is 4.72. The molecule has 4 N–H and O–H groups in total. The van der Waals surface area contributed by atoms with Gasteiger partial charge >= 0.3 is 29.6 Å². The van der Waals surface area contributed by atoms with Crippen LogP contribution in [0.1, 0.15) is 46.0 Å². The van der Waals surface area contributed by atoms with E-state index in [-0.39, 0.29) is 41.5 Å². The Kier molecular flexibility index (Phi) is 25.0. The molecule has 0 aromatic heterocycles. The van der Waals surface area contributed by atoms with Gasteiger partial charge in [-0.1, -0.05) is 32.6 Å². The molecule has 17 heavy (non-hydrogen) atoms. The van der Waals surface area contributed by atoms with Gasteiger partial charge in [-0.3, -0.25) is 4.79 Å². The molecule has 0 atom stereocenters. The zero-order valence-corrected chi connectivity index (χ0v) is 13.8. The van der Waals surface area contributed by atoms with Crippen LogP contribution in [0.15, 0.2) is 0 Å². The first-order chi connectivity index (χ1) is 6.79. The Morgan fingerprint density at radius 1 is 1.18 bits per heavy atom. The van der Waals surface area contributed by atoms with E-state index in [4.69, 9.17) is 9.90 Å². The van der Waals surface area contributed by atoms with E-state index >= 15 is 0 Å². The number of hydrogen-bond donors (Lipinski definition) is 2. The molecule has 0 heterocycles. The summed E-state index contributed by atoms with van der Waals surface area (Å²) in [4.78, 5) is 9.00. The minimum Gasteiger partial charge on any atom is -0.748 e. The first-order valence-corrected chi connectivity index (χ1v) is 6.50. The molecule has 100 valence electrons. The van der Waals surface area contributed by atoms with E-state index in [1.54, 1.807) is 0 Å². The van der Waals surface area contributed by atoms with Gasteiger partial charge in [0.05, 0.1) is 10.1 Å². The summed E-state index contributed by atoms with van der Waals surface area (Å²) in [7, 11) is -3.96. The molecule has 0 rings (SSSR count). The Morgan fingerprint density at radius 2 is 1.53 bits per heavy atom. The van der Waals surface area contributed by atoms with Gasteiger partial charge in [-0.25, -0.2) is 8.42 Å². The molecule has 0 aromatic carbocycles. The van der Waals surface area contributed by atoms with Crippen LogP contribution in [0, 0.1) is 0 Å². The average molecular weight is 279 g/mol. The summed E-state index contributed by atoms with van der Waals surface area (Å²) in [5.74, 6) is -1.03. The van der Waals surface area contributed by atoms with Crippen LogP contribution < -0.4 is 35.7 Å². The van der Waals surface area contributed by atoms with Crippen LogP contribution in [0.5, 0.6) is 0 Å². The Balaban J connectivity index is -0.000000123. The van der Waals surface area contributed by atoms with Gasteiger partial charge in [-0.2, -0.15) is 0 Å². The van der Waals surface area contributed by atoms with Crippen LogP contribution in [0.3, 0.4) is 0 Å². The van der Waals surface area contributed by atoms with Crippen molar-refractivity contribution < 1.29 is 52.4 Å². The molecule has 0 saturated carbocycles. The number of unbranched alkanes of at least 4 members (excludes halogenated alkanes) is 4. The topological polar surface area (TPSA) is 130 Å². The van der Waals surface area contributed by atoms with Crippen molar-refractivity contribution >= 4 is 16.1 Å². The van der Waals surface area contributed by atoms with Crippen molar-refractivity contribution in [3.8, 4) is 0 Å². The third-order valence-electron chi connectivity index (χ3n) is 1.50. The molecular weight excluding hydrogens is 257 g/mol. The fourth-order valence-corrected chi connectivity index (χ4v) is 1.44. The summed E-state index contributed by atoms with van der Waals surface area (Å²) < 4.78 is 30.3. The number of carbonyl (C=O) groups is 1. The van der Waals surface area contributed by atoms with Gasteiger partial charge in [0.1, 0.15) is 0 Å². The largest absolute Gasteiger partial charge is 1.00 e. The Bertz CT molecular complexity index is 252. The van der Waals surface area contributed by atoms with Crippen LogP contribution in [-0.2, 0) is 14.9 Å². The predicted octanol–water partition coefficient (Wildman–Crippen LogP) is -1.24. The second-order valence-electron chi connectivity index (χ2n) is 3.20. The monoisotopic (exact) mass is 279 g/mol. The molecule has 0 aromatic rings. The Labute approximate surface area is 126 Å². The molecule has 8 heteroatoms. The van der Waals surface area contributed by atoms with Crippen molar-refractivity contribution in [1.82, 2.24) is 6.15 Å². The van der Waals surface area contributed by atoms with E-state index in [9.17, 15) is 13.0 Å². The van der Waals surface area contributed by atoms with Crippen LogP contribution >= 0.6 is 0 Å². The summed E-state index contributed by atoms with van der Waals surface area (Å²) in [5, 5.41) is 7.42. The van der Waals surface area contributed by atoms with E-state index in [1.807, 2.05) is 0 Å². The number of carboxylic acid groups (broad SMARTS) is 1. The normalized spacial score (nSPS) is 9.12. The predicted molar refractivity (Wildman–Crippen MR) is 61.7 cm³/mol. The summed E-state index contributed by atoms with van der Waals surface area (Å²) >= 11 is 0. The van der Waals surface area contributed by atoms with Gasteiger partial charge < -0.3 is 15.8 Å². The quantitative estimate of drug-likeness (QED) is 0.355. The van der Waals surface area contributed by atoms with E-state index < -0.39 is 16.1 Å². The SMILES string of the molecule is CC(=O)O.CCCCCCCS(=O)(=O)[O-].N.[Na+]. The second kappa shape index (κ2) is 16.3. The molecule has 0 bridgehead atoms. The molecular formula is C9H22NNaO5S. The zero-order chi connectivity index (χ0) is 12.3. The van der Waals surface area contributed by atoms with Gasteiger partial charge in [-0.15, -0.1) is 0 Å². The molecule has 6 nitrogen and oxygen atoms in total. The molecule has 0 saturated heterocycles.